The Morgan fingerprint density at radius 2 is 1.80 bits per heavy atom. The minimum absolute atomic E-state index is 0.0189. The molecule has 0 spiro atoms. The number of nitrogens with one attached hydrogen (secondary N) is 1. The summed E-state index contributed by atoms with van der Waals surface area (Å²) in [7, 11) is 0. The van der Waals surface area contributed by atoms with E-state index in [0.717, 1.165) is 11.1 Å². The largest absolute Gasteiger partial charge is 0.223 e. The minimum Gasteiger partial charge on any atom is -0.195 e. The average Bonchev–Trinajstić information content (AvgIpc) is 2.66. The zero-order chi connectivity index (χ0) is 11.5. The molecule has 2 rings (SSSR count). The third kappa shape index (κ3) is 2.29. The smallest absolute Gasteiger partial charge is 0.195 e. The molecule has 0 aliphatic heterocycles. The summed E-state index contributed by atoms with van der Waals surface area (Å²) in [4.78, 5) is 0. The van der Waals surface area contributed by atoms with Crippen LogP contribution in [-0.4, -0.2) is 25.6 Å². The summed E-state index contributed by atoms with van der Waals surface area (Å²) in [6.07, 6.45) is 1.74. The molecular formula is C10H17N5. The highest BCUT2D eigenvalue weighted by Gasteiger charge is 2.19. The van der Waals surface area contributed by atoms with E-state index in [2.05, 4.69) is 46.4 Å². The molecule has 1 N–H and O–H groups in total. The topological polar surface area (TPSA) is 67.3 Å². The second kappa shape index (κ2) is 4.33. The fraction of sp³-hybridized carbons (Fsp3) is 0.600. The van der Waals surface area contributed by atoms with E-state index >= 15 is 0 Å². The fourth-order valence-corrected chi connectivity index (χ4v) is 1.23. The van der Waals surface area contributed by atoms with Crippen molar-refractivity contribution in [3.05, 3.63) is 11.8 Å². The van der Waals surface area contributed by atoms with Crippen molar-refractivity contribution in [2.75, 3.05) is 0 Å². The third-order valence-electron chi connectivity index (χ3n) is 1.93. The van der Waals surface area contributed by atoms with E-state index in [-0.39, 0.29) is 5.41 Å². The number of fused-ring (bicyclic) bond motifs is 1. The Kier molecular flexibility index (Phi) is 3.34. The molecule has 2 heterocycles. The van der Waals surface area contributed by atoms with Crippen molar-refractivity contribution in [1.82, 2.24) is 25.6 Å². The number of H-pyrrole nitrogens is 1. The van der Waals surface area contributed by atoms with Crippen molar-refractivity contribution in [3.8, 4) is 0 Å². The van der Waals surface area contributed by atoms with Gasteiger partial charge < -0.3 is 0 Å². The van der Waals surface area contributed by atoms with Gasteiger partial charge in [-0.25, -0.2) is 0 Å². The van der Waals surface area contributed by atoms with Crippen LogP contribution in [0.25, 0.3) is 11.2 Å². The zero-order valence-electron chi connectivity index (χ0n) is 9.87. The van der Waals surface area contributed by atoms with Gasteiger partial charge in [0, 0.05) is 5.56 Å². The Balaban J connectivity index is 0.000000531. The van der Waals surface area contributed by atoms with E-state index in [9.17, 15) is 0 Å². The van der Waals surface area contributed by atoms with Crippen LogP contribution in [0.2, 0.25) is 0 Å². The molecular weight excluding hydrogens is 190 g/mol. The van der Waals surface area contributed by atoms with Gasteiger partial charge in [0.15, 0.2) is 0 Å². The van der Waals surface area contributed by atoms with Crippen LogP contribution < -0.4 is 0 Å². The molecule has 0 amide bonds. The SMILES string of the molecule is CC.CC(C)(C)c1cnnc2n[nH]nc12. The molecule has 0 saturated carbocycles. The van der Waals surface area contributed by atoms with Crippen LogP contribution in [0.3, 0.4) is 0 Å². The Bertz CT molecular complexity index is 427. The van der Waals surface area contributed by atoms with E-state index in [1.54, 1.807) is 6.20 Å². The van der Waals surface area contributed by atoms with Gasteiger partial charge in [0.05, 0.1) is 6.20 Å². The lowest BCUT2D eigenvalue weighted by atomic mass is 9.88. The van der Waals surface area contributed by atoms with Crippen molar-refractivity contribution in [2.24, 2.45) is 0 Å². The molecule has 15 heavy (non-hydrogen) atoms. The molecule has 0 saturated heterocycles. The summed E-state index contributed by atoms with van der Waals surface area (Å²) >= 11 is 0. The van der Waals surface area contributed by atoms with Crippen LogP contribution in [0.15, 0.2) is 6.20 Å². The highest BCUT2D eigenvalue weighted by Crippen LogP contribution is 2.25. The summed E-state index contributed by atoms with van der Waals surface area (Å²) in [6, 6.07) is 0. The Hall–Kier alpha value is -1.52. The van der Waals surface area contributed by atoms with E-state index in [1.807, 2.05) is 13.8 Å². The van der Waals surface area contributed by atoms with Crippen LogP contribution >= 0.6 is 0 Å². The molecule has 0 aliphatic carbocycles. The summed E-state index contributed by atoms with van der Waals surface area (Å²) in [5.41, 5.74) is 2.46. The molecule has 82 valence electrons. The monoisotopic (exact) mass is 207 g/mol. The molecule has 0 fully saturated rings. The molecule has 2 aromatic rings. The summed E-state index contributed by atoms with van der Waals surface area (Å²) in [6.45, 7) is 10.3. The van der Waals surface area contributed by atoms with Crippen molar-refractivity contribution < 1.29 is 0 Å². The molecule has 0 aromatic carbocycles. The van der Waals surface area contributed by atoms with Crippen molar-refractivity contribution in [3.63, 3.8) is 0 Å². The van der Waals surface area contributed by atoms with Crippen molar-refractivity contribution in [2.45, 2.75) is 40.0 Å². The lowest BCUT2D eigenvalue weighted by molar-refractivity contribution is 0.590. The number of aromatic nitrogens is 5. The van der Waals surface area contributed by atoms with Gasteiger partial charge in [0.1, 0.15) is 5.52 Å². The normalized spacial score (nSPS) is 11.0. The first-order chi connectivity index (χ1) is 7.09. The molecule has 0 bridgehead atoms. The van der Waals surface area contributed by atoms with Gasteiger partial charge in [-0.05, 0) is 5.41 Å². The van der Waals surface area contributed by atoms with E-state index < -0.39 is 0 Å². The number of aromatic amines is 1. The second-order valence-corrected chi connectivity index (χ2v) is 4.00. The van der Waals surface area contributed by atoms with Crippen LogP contribution in [0.5, 0.6) is 0 Å². The predicted molar refractivity (Wildman–Crippen MR) is 59.5 cm³/mol. The standard InChI is InChI=1S/C8H11N5.C2H6/c1-8(2,3)5-4-9-11-7-6(5)10-13-12-7;1-2/h4H,1-3H3,(H,10,11,12,13);1-2H3. The summed E-state index contributed by atoms with van der Waals surface area (Å²) in [5, 5.41) is 18.2. The Labute approximate surface area is 89.3 Å². The number of hydrogen-bond acceptors (Lipinski definition) is 4. The van der Waals surface area contributed by atoms with Gasteiger partial charge in [-0.15, -0.1) is 10.2 Å². The molecule has 0 radical (unpaired) electrons. The number of rotatable bonds is 0. The van der Waals surface area contributed by atoms with Gasteiger partial charge in [-0.3, -0.25) is 0 Å². The Morgan fingerprint density at radius 3 is 2.40 bits per heavy atom. The molecule has 2 aromatic heterocycles. The maximum absolute atomic E-state index is 4.05. The van der Waals surface area contributed by atoms with Crippen LogP contribution in [0, 0.1) is 0 Å². The zero-order valence-corrected chi connectivity index (χ0v) is 9.87. The van der Waals surface area contributed by atoms with Crippen LogP contribution in [0.4, 0.5) is 0 Å². The molecule has 0 atom stereocenters. The molecule has 5 heteroatoms. The minimum atomic E-state index is 0.0189. The molecule has 0 aliphatic rings. The lowest BCUT2D eigenvalue weighted by Gasteiger charge is -2.17. The predicted octanol–water partition coefficient (Wildman–Crippen LogP) is 2.07. The van der Waals surface area contributed by atoms with E-state index in [0.29, 0.717) is 5.65 Å². The fourth-order valence-electron chi connectivity index (χ4n) is 1.23. The van der Waals surface area contributed by atoms with Crippen molar-refractivity contribution in [1.29, 1.82) is 0 Å². The summed E-state index contributed by atoms with van der Waals surface area (Å²) < 4.78 is 0. The molecule has 0 unspecified atom stereocenters. The maximum atomic E-state index is 4.05. The number of nitrogens with zero attached hydrogens (tertiary/aromatic N) is 4. The van der Waals surface area contributed by atoms with Gasteiger partial charge in [0.2, 0.25) is 5.65 Å². The highest BCUT2D eigenvalue weighted by atomic mass is 15.4. The Morgan fingerprint density at radius 1 is 1.13 bits per heavy atom. The van der Waals surface area contributed by atoms with Gasteiger partial charge in [-0.2, -0.15) is 15.4 Å². The first-order valence-corrected chi connectivity index (χ1v) is 5.11. The van der Waals surface area contributed by atoms with Gasteiger partial charge in [-0.1, -0.05) is 34.6 Å². The lowest BCUT2D eigenvalue weighted by Crippen LogP contribution is -2.12. The molecule has 5 nitrogen and oxygen atoms in total. The first kappa shape index (κ1) is 11.6. The van der Waals surface area contributed by atoms with Crippen LogP contribution in [-0.2, 0) is 5.41 Å². The first-order valence-electron chi connectivity index (χ1n) is 5.11. The quantitative estimate of drug-likeness (QED) is 0.718. The summed E-state index contributed by atoms with van der Waals surface area (Å²) in [5.74, 6) is 0. The average molecular weight is 207 g/mol. The van der Waals surface area contributed by atoms with Crippen LogP contribution in [0.1, 0.15) is 40.2 Å². The van der Waals surface area contributed by atoms with Gasteiger partial charge >= 0.3 is 0 Å². The highest BCUT2D eigenvalue weighted by molar-refractivity contribution is 5.73. The van der Waals surface area contributed by atoms with E-state index in [1.165, 1.54) is 0 Å². The maximum Gasteiger partial charge on any atom is 0.223 e. The third-order valence-corrected chi connectivity index (χ3v) is 1.93. The number of hydrogen-bond donors (Lipinski definition) is 1. The van der Waals surface area contributed by atoms with E-state index in [4.69, 9.17) is 0 Å². The second-order valence-electron chi connectivity index (χ2n) is 4.00. The van der Waals surface area contributed by atoms with Gasteiger partial charge in [0.25, 0.3) is 0 Å². The van der Waals surface area contributed by atoms with Crippen molar-refractivity contribution >= 4 is 11.2 Å².